The Morgan fingerprint density at radius 1 is 1.10 bits per heavy atom. The van der Waals surface area contributed by atoms with Gasteiger partial charge in [0.05, 0.1) is 10.6 Å². The van der Waals surface area contributed by atoms with Crippen LogP contribution in [0.3, 0.4) is 0 Å². The van der Waals surface area contributed by atoms with Gasteiger partial charge < -0.3 is 4.90 Å². The third kappa shape index (κ3) is 3.00. The summed E-state index contributed by atoms with van der Waals surface area (Å²) in [5.74, 6) is 0.511. The lowest BCUT2D eigenvalue weighted by Gasteiger charge is -2.19. The van der Waals surface area contributed by atoms with Crippen molar-refractivity contribution in [2.75, 3.05) is 18.0 Å². The molecule has 0 aliphatic carbocycles. The minimum Gasteiger partial charge on any atom is -0.371 e. The van der Waals surface area contributed by atoms with E-state index in [1.54, 1.807) is 6.07 Å². The summed E-state index contributed by atoms with van der Waals surface area (Å²) in [4.78, 5) is 2.31. The summed E-state index contributed by atoms with van der Waals surface area (Å²) in [5, 5.41) is 10.2. The maximum absolute atomic E-state index is 8.93. The van der Waals surface area contributed by atoms with Crippen molar-refractivity contribution < 1.29 is 0 Å². The highest BCUT2D eigenvalue weighted by molar-refractivity contribution is 6.32. The molecule has 3 rings (SSSR count). The molecule has 0 saturated carbocycles. The summed E-state index contributed by atoms with van der Waals surface area (Å²) in [7, 11) is 0. The highest BCUT2D eigenvalue weighted by Crippen LogP contribution is 2.32. The molecule has 106 valence electrons. The minimum atomic E-state index is 0.511. The van der Waals surface area contributed by atoms with E-state index in [4.69, 9.17) is 28.5 Å². The summed E-state index contributed by atoms with van der Waals surface area (Å²) >= 11 is 12.1. The monoisotopic (exact) mass is 316 g/mol. The zero-order valence-corrected chi connectivity index (χ0v) is 12.9. The van der Waals surface area contributed by atoms with Crippen molar-refractivity contribution in [3.63, 3.8) is 0 Å². The van der Waals surface area contributed by atoms with E-state index in [1.807, 2.05) is 24.3 Å². The topological polar surface area (TPSA) is 27.0 Å². The van der Waals surface area contributed by atoms with E-state index >= 15 is 0 Å². The molecule has 0 spiro atoms. The molecular formula is C17H14Cl2N2. The Kier molecular flexibility index (Phi) is 4.05. The Morgan fingerprint density at radius 3 is 2.52 bits per heavy atom. The average molecular weight is 317 g/mol. The van der Waals surface area contributed by atoms with Gasteiger partial charge in [-0.1, -0.05) is 35.3 Å². The standard InChI is InChI=1S/C17H14Cl2N2/c18-15-4-1-12(2-5-15)14-7-8-21(11-14)16-6-3-13(10-20)17(19)9-16/h1-6,9,14H,7-8,11H2. The minimum absolute atomic E-state index is 0.511. The fourth-order valence-corrected chi connectivity index (χ4v) is 3.14. The van der Waals surface area contributed by atoms with Gasteiger partial charge in [0, 0.05) is 29.7 Å². The number of hydrogen-bond acceptors (Lipinski definition) is 2. The van der Waals surface area contributed by atoms with E-state index < -0.39 is 0 Å². The van der Waals surface area contributed by atoms with E-state index in [0.717, 1.165) is 30.2 Å². The number of halogens is 2. The molecule has 4 heteroatoms. The molecule has 1 heterocycles. The highest BCUT2D eigenvalue weighted by Gasteiger charge is 2.24. The van der Waals surface area contributed by atoms with Crippen LogP contribution in [0.5, 0.6) is 0 Å². The second-order valence-corrected chi connectivity index (χ2v) is 6.10. The Labute approximate surface area is 134 Å². The lowest BCUT2D eigenvalue weighted by Crippen LogP contribution is -2.19. The summed E-state index contributed by atoms with van der Waals surface area (Å²) in [6.07, 6.45) is 1.11. The first kappa shape index (κ1) is 14.3. The lowest BCUT2D eigenvalue weighted by atomic mass is 9.99. The third-order valence-corrected chi connectivity index (χ3v) is 4.53. The van der Waals surface area contributed by atoms with Crippen LogP contribution in [0.1, 0.15) is 23.5 Å². The van der Waals surface area contributed by atoms with Gasteiger partial charge in [-0.25, -0.2) is 0 Å². The smallest absolute Gasteiger partial charge is 0.101 e. The molecule has 1 fully saturated rings. The normalized spacial score (nSPS) is 17.8. The van der Waals surface area contributed by atoms with Crippen LogP contribution in [0.15, 0.2) is 42.5 Å². The maximum Gasteiger partial charge on any atom is 0.101 e. The van der Waals surface area contributed by atoms with E-state index in [9.17, 15) is 0 Å². The molecule has 2 aromatic rings. The van der Waals surface area contributed by atoms with Crippen LogP contribution < -0.4 is 4.90 Å². The summed E-state index contributed by atoms with van der Waals surface area (Å²) in [5.41, 5.74) is 2.92. The van der Waals surface area contributed by atoms with Gasteiger partial charge in [0.2, 0.25) is 0 Å². The van der Waals surface area contributed by atoms with Gasteiger partial charge in [-0.05, 0) is 42.3 Å². The average Bonchev–Trinajstić information content (AvgIpc) is 2.98. The van der Waals surface area contributed by atoms with Crippen molar-refractivity contribution in [1.82, 2.24) is 0 Å². The van der Waals surface area contributed by atoms with E-state index in [2.05, 4.69) is 23.1 Å². The Bertz CT molecular complexity index is 689. The Balaban J connectivity index is 1.76. The molecule has 1 saturated heterocycles. The first-order valence-corrected chi connectivity index (χ1v) is 7.63. The molecule has 0 amide bonds. The number of hydrogen-bond donors (Lipinski definition) is 0. The van der Waals surface area contributed by atoms with Crippen LogP contribution in [0.25, 0.3) is 0 Å². The van der Waals surface area contributed by atoms with Gasteiger partial charge in [-0.3, -0.25) is 0 Å². The van der Waals surface area contributed by atoms with Gasteiger partial charge in [-0.2, -0.15) is 5.26 Å². The van der Waals surface area contributed by atoms with Crippen LogP contribution in [0.2, 0.25) is 10.0 Å². The van der Waals surface area contributed by atoms with E-state index in [-0.39, 0.29) is 0 Å². The molecule has 21 heavy (non-hydrogen) atoms. The van der Waals surface area contributed by atoms with Crippen molar-refractivity contribution in [1.29, 1.82) is 5.26 Å². The van der Waals surface area contributed by atoms with Gasteiger partial charge in [0.25, 0.3) is 0 Å². The molecule has 1 aliphatic heterocycles. The molecule has 1 unspecified atom stereocenters. The predicted octanol–water partition coefficient (Wildman–Crippen LogP) is 4.86. The second-order valence-electron chi connectivity index (χ2n) is 5.26. The number of nitrogens with zero attached hydrogens (tertiary/aromatic N) is 2. The molecule has 0 aromatic heterocycles. The number of rotatable bonds is 2. The van der Waals surface area contributed by atoms with Crippen LogP contribution in [0, 0.1) is 11.3 Å². The van der Waals surface area contributed by atoms with Gasteiger partial charge in [0.1, 0.15) is 6.07 Å². The van der Waals surface area contributed by atoms with E-state index in [0.29, 0.717) is 16.5 Å². The maximum atomic E-state index is 8.93. The van der Waals surface area contributed by atoms with Crippen molar-refractivity contribution in [2.24, 2.45) is 0 Å². The predicted molar refractivity (Wildman–Crippen MR) is 87.2 cm³/mol. The molecule has 2 aromatic carbocycles. The molecule has 2 nitrogen and oxygen atoms in total. The SMILES string of the molecule is N#Cc1ccc(N2CCC(c3ccc(Cl)cc3)C2)cc1Cl. The van der Waals surface area contributed by atoms with Crippen molar-refractivity contribution in [2.45, 2.75) is 12.3 Å². The van der Waals surface area contributed by atoms with Gasteiger partial charge in [0.15, 0.2) is 0 Å². The summed E-state index contributed by atoms with van der Waals surface area (Å²) in [6, 6.07) is 15.8. The van der Waals surface area contributed by atoms with Crippen LogP contribution in [-0.4, -0.2) is 13.1 Å². The van der Waals surface area contributed by atoms with Crippen LogP contribution in [0.4, 0.5) is 5.69 Å². The fraction of sp³-hybridized carbons (Fsp3) is 0.235. The quantitative estimate of drug-likeness (QED) is 0.791. The van der Waals surface area contributed by atoms with Crippen LogP contribution >= 0.6 is 23.2 Å². The van der Waals surface area contributed by atoms with Gasteiger partial charge in [-0.15, -0.1) is 0 Å². The van der Waals surface area contributed by atoms with Crippen molar-refractivity contribution >= 4 is 28.9 Å². The highest BCUT2D eigenvalue weighted by atomic mass is 35.5. The molecular weight excluding hydrogens is 303 g/mol. The fourth-order valence-electron chi connectivity index (χ4n) is 2.79. The zero-order valence-electron chi connectivity index (χ0n) is 11.4. The lowest BCUT2D eigenvalue weighted by molar-refractivity contribution is 0.775. The molecule has 0 bridgehead atoms. The largest absolute Gasteiger partial charge is 0.371 e. The summed E-state index contributed by atoms with van der Waals surface area (Å²) in [6.45, 7) is 1.96. The third-order valence-electron chi connectivity index (χ3n) is 3.97. The van der Waals surface area contributed by atoms with E-state index in [1.165, 1.54) is 5.56 Å². The Hall–Kier alpha value is -1.69. The van der Waals surface area contributed by atoms with Crippen molar-refractivity contribution in [3.8, 4) is 6.07 Å². The molecule has 1 atom stereocenters. The molecule has 1 aliphatic rings. The number of benzene rings is 2. The van der Waals surface area contributed by atoms with Crippen LogP contribution in [-0.2, 0) is 0 Å². The van der Waals surface area contributed by atoms with Crippen molar-refractivity contribution in [3.05, 3.63) is 63.6 Å². The molecule has 0 N–H and O–H groups in total. The number of anilines is 1. The summed E-state index contributed by atoms with van der Waals surface area (Å²) < 4.78 is 0. The zero-order chi connectivity index (χ0) is 14.8. The first-order valence-electron chi connectivity index (χ1n) is 6.87. The molecule has 0 radical (unpaired) electrons. The first-order chi connectivity index (χ1) is 10.2. The Morgan fingerprint density at radius 2 is 1.86 bits per heavy atom. The van der Waals surface area contributed by atoms with Gasteiger partial charge >= 0.3 is 0 Å². The second kappa shape index (κ2) is 5.97. The number of nitriles is 1.